The zero-order chi connectivity index (χ0) is 13.0. The van der Waals surface area contributed by atoms with E-state index in [0.717, 1.165) is 21.5 Å². The lowest BCUT2D eigenvalue weighted by atomic mass is 10.2. The first-order valence-electron chi connectivity index (χ1n) is 5.37. The number of aromatic nitrogens is 1. The van der Waals surface area contributed by atoms with Gasteiger partial charge in [0.2, 0.25) is 0 Å². The third-order valence-electron chi connectivity index (χ3n) is 2.48. The molecule has 18 heavy (non-hydrogen) atoms. The Bertz CT molecular complexity index is 548. The van der Waals surface area contributed by atoms with Gasteiger partial charge in [0.25, 0.3) is 0 Å². The molecule has 2 rings (SSSR count). The van der Waals surface area contributed by atoms with Gasteiger partial charge in [-0.05, 0) is 35.9 Å². The predicted octanol–water partition coefficient (Wildman–Crippen LogP) is 4.12. The van der Waals surface area contributed by atoms with Crippen LogP contribution in [0.15, 0.2) is 41.0 Å². The van der Waals surface area contributed by atoms with Gasteiger partial charge in [0.05, 0.1) is 12.8 Å². The number of pyridine rings is 1. The SMILES string of the molecule is COc1ccc(Br)c(CNc2cccnc2Cl)c1. The summed E-state index contributed by atoms with van der Waals surface area (Å²) in [4.78, 5) is 4.01. The summed E-state index contributed by atoms with van der Waals surface area (Å²) in [6, 6.07) is 9.57. The van der Waals surface area contributed by atoms with E-state index in [2.05, 4.69) is 26.2 Å². The zero-order valence-corrected chi connectivity index (χ0v) is 12.1. The van der Waals surface area contributed by atoms with Gasteiger partial charge in [0.15, 0.2) is 5.15 Å². The average Bonchev–Trinajstić information content (AvgIpc) is 2.39. The summed E-state index contributed by atoms with van der Waals surface area (Å²) in [5.74, 6) is 0.826. The number of nitrogens with one attached hydrogen (secondary N) is 1. The van der Waals surface area contributed by atoms with Crippen LogP contribution in [-0.2, 0) is 6.54 Å². The summed E-state index contributed by atoms with van der Waals surface area (Å²) >= 11 is 9.49. The van der Waals surface area contributed by atoms with Gasteiger partial charge in [-0.15, -0.1) is 0 Å². The van der Waals surface area contributed by atoms with E-state index in [9.17, 15) is 0 Å². The number of benzene rings is 1. The van der Waals surface area contributed by atoms with Gasteiger partial charge in [-0.3, -0.25) is 0 Å². The first-order valence-corrected chi connectivity index (χ1v) is 6.54. The second-order valence-electron chi connectivity index (χ2n) is 3.65. The molecule has 1 aromatic heterocycles. The quantitative estimate of drug-likeness (QED) is 0.858. The lowest BCUT2D eigenvalue weighted by molar-refractivity contribution is 0.414. The second kappa shape index (κ2) is 6.07. The normalized spacial score (nSPS) is 10.2. The topological polar surface area (TPSA) is 34.1 Å². The third kappa shape index (κ3) is 3.15. The lowest BCUT2D eigenvalue weighted by Crippen LogP contribution is -2.01. The Balaban J connectivity index is 2.13. The Morgan fingerprint density at radius 2 is 2.22 bits per heavy atom. The molecule has 3 nitrogen and oxygen atoms in total. The highest BCUT2D eigenvalue weighted by atomic mass is 79.9. The molecule has 0 unspecified atom stereocenters. The molecular formula is C13H12BrClN2O. The van der Waals surface area contributed by atoms with Gasteiger partial charge in [0, 0.05) is 17.2 Å². The summed E-state index contributed by atoms with van der Waals surface area (Å²) in [6.45, 7) is 0.642. The summed E-state index contributed by atoms with van der Waals surface area (Å²) in [7, 11) is 1.65. The highest BCUT2D eigenvalue weighted by molar-refractivity contribution is 9.10. The fourth-order valence-corrected chi connectivity index (χ4v) is 2.09. The molecule has 94 valence electrons. The smallest absolute Gasteiger partial charge is 0.152 e. The first-order chi connectivity index (χ1) is 8.70. The van der Waals surface area contributed by atoms with Crippen LogP contribution in [0.3, 0.4) is 0 Å². The van der Waals surface area contributed by atoms with Crippen molar-refractivity contribution in [3.63, 3.8) is 0 Å². The van der Waals surface area contributed by atoms with Crippen molar-refractivity contribution in [3.8, 4) is 5.75 Å². The van der Waals surface area contributed by atoms with E-state index in [4.69, 9.17) is 16.3 Å². The molecule has 0 atom stereocenters. The molecule has 1 aromatic carbocycles. The highest BCUT2D eigenvalue weighted by Gasteiger charge is 2.04. The van der Waals surface area contributed by atoms with Gasteiger partial charge in [-0.25, -0.2) is 4.98 Å². The number of halogens is 2. The van der Waals surface area contributed by atoms with Gasteiger partial charge in [0.1, 0.15) is 5.75 Å². The number of rotatable bonds is 4. The number of hydrogen-bond acceptors (Lipinski definition) is 3. The molecule has 0 aliphatic rings. The summed E-state index contributed by atoms with van der Waals surface area (Å²) in [5.41, 5.74) is 1.91. The van der Waals surface area contributed by atoms with Crippen LogP contribution in [0.25, 0.3) is 0 Å². The molecule has 0 saturated heterocycles. The van der Waals surface area contributed by atoms with Crippen molar-refractivity contribution in [2.75, 3.05) is 12.4 Å². The Morgan fingerprint density at radius 1 is 1.39 bits per heavy atom. The van der Waals surface area contributed by atoms with Crippen LogP contribution in [0.2, 0.25) is 5.15 Å². The maximum absolute atomic E-state index is 5.98. The monoisotopic (exact) mass is 326 g/mol. The van der Waals surface area contributed by atoms with Crippen molar-refractivity contribution >= 4 is 33.2 Å². The number of methoxy groups -OCH3 is 1. The number of anilines is 1. The molecule has 0 amide bonds. The fraction of sp³-hybridized carbons (Fsp3) is 0.154. The second-order valence-corrected chi connectivity index (χ2v) is 4.87. The summed E-state index contributed by atoms with van der Waals surface area (Å²) < 4.78 is 6.22. The van der Waals surface area contributed by atoms with Crippen molar-refractivity contribution in [1.29, 1.82) is 0 Å². The van der Waals surface area contributed by atoms with E-state index in [1.807, 2.05) is 30.3 Å². The van der Waals surface area contributed by atoms with Crippen molar-refractivity contribution in [1.82, 2.24) is 4.98 Å². The number of ether oxygens (including phenoxy) is 1. The fourth-order valence-electron chi connectivity index (χ4n) is 1.52. The van der Waals surface area contributed by atoms with E-state index in [1.54, 1.807) is 13.3 Å². The predicted molar refractivity (Wildman–Crippen MR) is 77.3 cm³/mol. The molecule has 0 fully saturated rings. The zero-order valence-electron chi connectivity index (χ0n) is 9.78. The van der Waals surface area contributed by atoms with Crippen molar-refractivity contribution < 1.29 is 4.74 Å². The maximum atomic E-state index is 5.98. The van der Waals surface area contributed by atoms with E-state index in [1.165, 1.54) is 0 Å². The number of hydrogen-bond donors (Lipinski definition) is 1. The summed E-state index contributed by atoms with van der Waals surface area (Å²) in [5, 5.41) is 3.71. The van der Waals surface area contributed by atoms with Crippen LogP contribution in [0.4, 0.5) is 5.69 Å². The molecule has 5 heteroatoms. The van der Waals surface area contributed by atoms with Crippen molar-refractivity contribution in [2.24, 2.45) is 0 Å². The van der Waals surface area contributed by atoms with Gasteiger partial charge >= 0.3 is 0 Å². The Labute approximate surface area is 119 Å². The number of nitrogens with zero attached hydrogens (tertiary/aromatic N) is 1. The van der Waals surface area contributed by atoms with Gasteiger partial charge in [-0.2, -0.15) is 0 Å². The van der Waals surface area contributed by atoms with E-state index in [0.29, 0.717) is 11.7 Å². The Morgan fingerprint density at radius 3 is 2.94 bits per heavy atom. The molecule has 0 aliphatic heterocycles. The van der Waals surface area contributed by atoms with Crippen LogP contribution in [0, 0.1) is 0 Å². The molecule has 1 heterocycles. The minimum atomic E-state index is 0.469. The molecule has 0 spiro atoms. The van der Waals surface area contributed by atoms with Crippen LogP contribution in [0.5, 0.6) is 5.75 Å². The summed E-state index contributed by atoms with van der Waals surface area (Å²) in [6.07, 6.45) is 1.66. The molecule has 0 saturated carbocycles. The molecule has 0 bridgehead atoms. The van der Waals surface area contributed by atoms with Crippen LogP contribution in [-0.4, -0.2) is 12.1 Å². The van der Waals surface area contributed by atoms with Crippen LogP contribution in [0.1, 0.15) is 5.56 Å². The minimum Gasteiger partial charge on any atom is -0.497 e. The molecule has 0 aliphatic carbocycles. The highest BCUT2D eigenvalue weighted by Crippen LogP contribution is 2.24. The van der Waals surface area contributed by atoms with Crippen LogP contribution >= 0.6 is 27.5 Å². The van der Waals surface area contributed by atoms with E-state index >= 15 is 0 Å². The minimum absolute atomic E-state index is 0.469. The standard InChI is InChI=1S/C13H12BrClN2O/c1-18-10-4-5-11(14)9(7-10)8-17-12-3-2-6-16-13(12)15/h2-7,17H,8H2,1H3. The lowest BCUT2D eigenvalue weighted by Gasteiger charge is -2.10. The third-order valence-corrected chi connectivity index (χ3v) is 3.56. The van der Waals surface area contributed by atoms with Gasteiger partial charge in [-0.1, -0.05) is 27.5 Å². The molecule has 2 aromatic rings. The van der Waals surface area contributed by atoms with Crippen LogP contribution < -0.4 is 10.1 Å². The largest absolute Gasteiger partial charge is 0.497 e. The van der Waals surface area contributed by atoms with Crippen molar-refractivity contribution in [2.45, 2.75) is 6.54 Å². The van der Waals surface area contributed by atoms with E-state index in [-0.39, 0.29) is 0 Å². The van der Waals surface area contributed by atoms with Crippen molar-refractivity contribution in [3.05, 3.63) is 51.7 Å². The molecule has 0 radical (unpaired) electrons. The molecular weight excluding hydrogens is 316 g/mol. The first kappa shape index (κ1) is 13.2. The Kier molecular flexibility index (Phi) is 4.44. The molecule has 1 N–H and O–H groups in total. The average molecular weight is 328 g/mol. The van der Waals surface area contributed by atoms with E-state index < -0.39 is 0 Å². The Hall–Kier alpha value is -1.26. The van der Waals surface area contributed by atoms with Gasteiger partial charge < -0.3 is 10.1 Å². The maximum Gasteiger partial charge on any atom is 0.152 e.